The summed E-state index contributed by atoms with van der Waals surface area (Å²) in [6, 6.07) is 1.80. The maximum Gasteiger partial charge on any atom is 0.248 e. The molecular formula is C20H22F2N6. The number of hydrogen-bond donors (Lipinski definition) is 1. The molecule has 0 amide bonds. The predicted molar refractivity (Wildman–Crippen MR) is 101 cm³/mol. The number of nitrogens with one attached hydrogen (secondary N) is 1. The van der Waals surface area contributed by atoms with Crippen LogP contribution in [0.25, 0.3) is 12.8 Å². The largest absolute Gasteiger partial charge is 0.303 e. The van der Waals surface area contributed by atoms with E-state index in [0.717, 1.165) is 35.5 Å². The number of hydrogen-bond acceptors (Lipinski definition) is 6. The highest BCUT2D eigenvalue weighted by Gasteiger charge is 2.40. The van der Waals surface area contributed by atoms with Gasteiger partial charge >= 0.3 is 0 Å². The van der Waals surface area contributed by atoms with E-state index in [4.69, 9.17) is 4.98 Å². The smallest absolute Gasteiger partial charge is 0.248 e. The van der Waals surface area contributed by atoms with Crippen LogP contribution in [0.15, 0.2) is 18.5 Å². The van der Waals surface area contributed by atoms with Crippen molar-refractivity contribution in [2.45, 2.75) is 62.3 Å². The van der Waals surface area contributed by atoms with Gasteiger partial charge in [-0.2, -0.15) is 0 Å². The molecule has 2 saturated carbocycles. The zero-order chi connectivity index (χ0) is 19.3. The highest BCUT2D eigenvalue weighted by atomic mass is 19.3. The molecule has 5 rings (SSSR count). The van der Waals surface area contributed by atoms with E-state index in [0.29, 0.717) is 18.2 Å². The molecule has 3 aliphatic rings. The van der Waals surface area contributed by atoms with Gasteiger partial charge in [0.15, 0.2) is 5.82 Å². The highest BCUT2D eigenvalue weighted by molar-refractivity contribution is 5.52. The number of hydrazine groups is 1. The van der Waals surface area contributed by atoms with Crippen LogP contribution in [0.2, 0.25) is 0 Å². The van der Waals surface area contributed by atoms with Crippen LogP contribution in [0.3, 0.4) is 0 Å². The van der Waals surface area contributed by atoms with E-state index >= 15 is 0 Å². The first-order valence-corrected chi connectivity index (χ1v) is 9.79. The van der Waals surface area contributed by atoms with Gasteiger partial charge in [-0.1, -0.05) is 6.58 Å². The van der Waals surface area contributed by atoms with Crippen LogP contribution in [0.4, 0.5) is 14.6 Å². The van der Waals surface area contributed by atoms with Crippen LogP contribution in [-0.2, 0) is 0 Å². The first-order chi connectivity index (χ1) is 13.5. The summed E-state index contributed by atoms with van der Waals surface area (Å²) in [4.78, 5) is 18.3. The molecule has 2 aromatic heterocycles. The van der Waals surface area contributed by atoms with E-state index in [1.54, 1.807) is 12.4 Å². The van der Waals surface area contributed by atoms with Crippen molar-refractivity contribution >= 4 is 18.6 Å². The van der Waals surface area contributed by atoms with Gasteiger partial charge in [0.05, 0.1) is 16.6 Å². The van der Waals surface area contributed by atoms with Gasteiger partial charge < -0.3 is 5.43 Å². The fraction of sp³-hybridized carbons (Fsp3) is 0.500. The van der Waals surface area contributed by atoms with Gasteiger partial charge in [0.1, 0.15) is 11.6 Å². The summed E-state index contributed by atoms with van der Waals surface area (Å²) >= 11 is 0. The average molecular weight is 384 g/mol. The molecule has 0 spiro atoms. The Balaban J connectivity index is 1.43. The minimum absolute atomic E-state index is 0.00563. The Kier molecular flexibility index (Phi) is 4.03. The molecule has 3 heterocycles. The molecule has 2 aromatic rings. The van der Waals surface area contributed by atoms with E-state index in [2.05, 4.69) is 27.0 Å². The van der Waals surface area contributed by atoms with Crippen molar-refractivity contribution in [1.82, 2.24) is 25.4 Å². The molecule has 8 heteroatoms. The van der Waals surface area contributed by atoms with E-state index in [-0.39, 0.29) is 30.7 Å². The lowest BCUT2D eigenvalue weighted by Crippen LogP contribution is -2.46. The molecule has 2 fully saturated rings. The summed E-state index contributed by atoms with van der Waals surface area (Å²) in [5, 5.41) is 3.43. The van der Waals surface area contributed by atoms with Gasteiger partial charge in [0.2, 0.25) is 5.92 Å². The zero-order valence-corrected chi connectivity index (χ0v) is 15.5. The first-order valence-electron chi connectivity index (χ1n) is 9.79. The number of fused-ring (bicyclic) bond motifs is 1. The zero-order valence-electron chi connectivity index (χ0n) is 15.5. The third-order valence-corrected chi connectivity index (χ3v) is 6.17. The number of nitrogens with zero attached hydrogens (tertiary/aromatic N) is 5. The van der Waals surface area contributed by atoms with Crippen LogP contribution in [0, 0.1) is 0 Å². The molecule has 6 nitrogen and oxygen atoms in total. The number of halogens is 2. The van der Waals surface area contributed by atoms with Crippen molar-refractivity contribution in [2.24, 2.45) is 0 Å². The van der Waals surface area contributed by atoms with Crippen LogP contribution in [0.5, 0.6) is 0 Å². The second-order valence-electron chi connectivity index (χ2n) is 7.89. The van der Waals surface area contributed by atoms with Gasteiger partial charge in [-0.3, -0.25) is 5.01 Å². The molecule has 2 aliphatic carbocycles. The maximum absolute atomic E-state index is 13.6. The summed E-state index contributed by atoms with van der Waals surface area (Å²) in [6.45, 7) is 4.09. The third-order valence-electron chi connectivity index (χ3n) is 6.17. The molecule has 146 valence electrons. The molecule has 2 unspecified atom stereocenters. The lowest BCUT2D eigenvalue weighted by molar-refractivity contribution is -0.0384. The predicted octanol–water partition coefficient (Wildman–Crippen LogP) is 1.98. The second kappa shape index (κ2) is 6.46. The average Bonchev–Trinajstić information content (AvgIpc) is 3.06. The standard InChI is InChI=1S/C20H22F2N6/c1-12-16-11-25-28(13-5-7-20(21,22)8-6-13)19(16)27-18(26-12)15-4-3-14(15)17-23-9-2-10-24-17/h2,9-11,13-15,25H,1,3-8H2. The van der Waals surface area contributed by atoms with Crippen LogP contribution >= 0.6 is 0 Å². The monoisotopic (exact) mass is 384 g/mol. The van der Waals surface area contributed by atoms with Gasteiger partial charge in [-0.05, 0) is 31.7 Å². The Morgan fingerprint density at radius 3 is 2.36 bits per heavy atom. The number of alkyl halides is 2. The number of rotatable bonds is 3. The van der Waals surface area contributed by atoms with Gasteiger partial charge in [-0.25, -0.2) is 28.7 Å². The molecule has 0 radical (unpaired) electrons. The maximum atomic E-state index is 13.6. The van der Waals surface area contributed by atoms with E-state index in [1.165, 1.54) is 0 Å². The Hall–Kier alpha value is -2.64. The summed E-state index contributed by atoms with van der Waals surface area (Å²) < 4.78 is 27.1. The first kappa shape index (κ1) is 17.5. The van der Waals surface area contributed by atoms with Crippen LogP contribution in [0.1, 0.15) is 62.0 Å². The van der Waals surface area contributed by atoms with Crippen LogP contribution in [-0.4, -0.2) is 31.9 Å². The molecule has 2 atom stereocenters. The summed E-state index contributed by atoms with van der Waals surface area (Å²) in [5.41, 5.74) is 3.20. The van der Waals surface area contributed by atoms with Crippen molar-refractivity contribution in [3.8, 4) is 0 Å². The Morgan fingerprint density at radius 2 is 1.68 bits per heavy atom. The van der Waals surface area contributed by atoms with E-state index in [9.17, 15) is 8.78 Å². The van der Waals surface area contributed by atoms with E-state index in [1.807, 2.05) is 17.3 Å². The minimum atomic E-state index is -2.55. The van der Waals surface area contributed by atoms with Crippen molar-refractivity contribution in [3.05, 3.63) is 40.7 Å². The van der Waals surface area contributed by atoms with Crippen LogP contribution < -0.4 is 21.0 Å². The minimum Gasteiger partial charge on any atom is -0.303 e. The quantitative estimate of drug-likeness (QED) is 0.873. The van der Waals surface area contributed by atoms with Crippen molar-refractivity contribution in [1.29, 1.82) is 0 Å². The molecular weight excluding hydrogens is 362 g/mol. The number of anilines is 1. The topological polar surface area (TPSA) is 66.8 Å². The Morgan fingerprint density at radius 1 is 1.00 bits per heavy atom. The fourth-order valence-electron chi connectivity index (χ4n) is 4.40. The van der Waals surface area contributed by atoms with Gasteiger partial charge in [0, 0.05) is 43.3 Å². The molecule has 0 bridgehead atoms. The van der Waals surface area contributed by atoms with E-state index < -0.39 is 5.92 Å². The van der Waals surface area contributed by atoms with Gasteiger partial charge in [0.25, 0.3) is 0 Å². The molecule has 1 N–H and O–H groups in total. The molecule has 0 aromatic carbocycles. The van der Waals surface area contributed by atoms with Crippen molar-refractivity contribution in [2.75, 3.05) is 5.01 Å². The fourth-order valence-corrected chi connectivity index (χ4v) is 4.40. The van der Waals surface area contributed by atoms with Crippen molar-refractivity contribution in [3.63, 3.8) is 0 Å². The normalized spacial score (nSPS) is 26.1. The Bertz CT molecular complexity index is 986. The third kappa shape index (κ3) is 2.91. The van der Waals surface area contributed by atoms with Crippen molar-refractivity contribution < 1.29 is 8.78 Å². The lowest BCUT2D eigenvalue weighted by atomic mass is 9.72. The summed E-state index contributed by atoms with van der Waals surface area (Å²) in [5.74, 6) is 0.140. The highest BCUT2D eigenvalue weighted by Crippen LogP contribution is 2.46. The Labute approximate surface area is 161 Å². The lowest BCUT2D eigenvalue weighted by Gasteiger charge is -2.36. The molecule has 0 saturated heterocycles. The second-order valence-corrected chi connectivity index (χ2v) is 7.89. The van der Waals surface area contributed by atoms with Gasteiger partial charge in [-0.15, -0.1) is 0 Å². The molecule has 28 heavy (non-hydrogen) atoms. The number of aromatic nitrogens is 4. The molecule has 1 aliphatic heterocycles. The summed E-state index contributed by atoms with van der Waals surface area (Å²) in [6.07, 6.45) is 8.02. The SMILES string of the molecule is C=c1nc(C2CCC2c2ncccn2)nc2c1=CNN2C1CCC(F)(F)CC1. The summed E-state index contributed by atoms with van der Waals surface area (Å²) in [7, 11) is 0.